The number of hydrogen-bond donors (Lipinski definition) is 0. The predicted molar refractivity (Wildman–Crippen MR) is 92.3 cm³/mol. The second-order valence-corrected chi connectivity index (χ2v) is 7.29. The van der Waals surface area contributed by atoms with Crippen LogP contribution in [-0.2, 0) is 22.4 Å². The maximum absolute atomic E-state index is 12.6. The van der Waals surface area contributed by atoms with Gasteiger partial charge in [-0.2, -0.15) is 29.9 Å². The van der Waals surface area contributed by atoms with Gasteiger partial charge in [0.25, 0.3) is 0 Å². The topological polar surface area (TPSA) is 68.5 Å². The van der Waals surface area contributed by atoms with Crippen LogP contribution in [0.3, 0.4) is 0 Å². The van der Waals surface area contributed by atoms with E-state index in [9.17, 15) is 18.0 Å². The van der Waals surface area contributed by atoms with Gasteiger partial charge in [0.05, 0.1) is 13.7 Å². The number of hydroxylamine groups is 2. The van der Waals surface area contributed by atoms with Gasteiger partial charge in [-0.3, -0.25) is 9.63 Å². The monoisotopic (exact) mass is 401 g/mol. The smallest absolute Gasteiger partial charge is 0.329 e. The number of rotatable bonds is 5. The van der Waals surface area contributed by atoms with Crippen molar-refractivity contribution < 1.29 is 27.3 Å². The highest BCUT2D eigenvalue weighted by Crippen LogP contribution is 2.29. The molecule has 1 fully saturated rings. The molecule has 146 valence electrons. The minimum Gasteiger partial charge on any atom is -0.329 e. The minimum absolute atomic E-state index is 0.0365. The molecule has 1 amide bonds. The molecule has 0 spiro atoms. The Morgan fingerprint density at radius 3 is 2.52 bits per heavy atom. The van der Waals surface area contributed by atoms with Gasteiger partial charge < -0.3 is 4.52 Å². The first-order valence-electron chi connectivity index (χ1n) is 8.32. The Labute approximate surface area is 158 Å². The number of benzene rings is 1. The summed E-state index contributed by atoms with van der Waals surface area (Å²) in [6.45, 7) is 0.249. The van der Waals surface area contributed by atoms with Gasteiger partial charge in [0.15, 0.2) is 0 Å². The van der Waals surface area contributed by atoms with E-state index in [0.29, 0.717) is 5.56 Å². The molecule has 0 bridgehead atoms. The molecule has 1 aliphatic heterocycles. The lowest BCUT2D eigenvalue weighted by Crippen LogP contribution is -2.36. The molecule has 1 saturated heterocycles. The molecule has 3 rings (SSSR count). The van der Waals surface area contributed by atoms with Crippen molar-refractivity contribution in [2.45, 2.75) is 25.6 Å². The summed E-state index contributed by atoms with van der Waals surface area (Å²) >= 11 is 1.84. The normalized spacial score (nSPS) is 15.7. The fourth-order valence-corrected chi connectivity index (χ4v) is 3.87. The third kappa shape index (κ3) is 4.81. The van der Waals surface area contributed by atoms with Gasteiger partial charge in [-0.1, -0.05) is 29.4 Å². The summed E-state index contributed by atoms with van der Waals surface area (Å²) in [5.74, 6) is 0.317. The second-order valence-electron chi connectivity index (χ2n) is 6.06. The van der Waals surface area contributed by atoms with E-state index in [4.69, 9.17) is 4.84 Å². The average Bonchev–Trinajstić information content (AvgIpc) is 3.17. The summed E-state index contributed by atoms with van der Waals surface area (Å²) in [7, 11) is 1.45. The van der Waals surface area contributed by atoms with E-state index in [-0.39, 0.29) is 24.2 Å². The van der Waals surface area contributed by atoms with Crippen LogP contribution in [0.2, 0.25) is 0 Å². The standard InChI is InChI=1S/C17H18F3N3O3S/c1-25-23(15(24)13-6-8-27-9-7-13)10-11-2-4-12(5-3-11)14-21-16(26-22-14)17(18,19)20/h2-5,13H,6-10H2,1H3. The first-order chi connectivity index (χ1) is 12.9. The molecule has 0 aliphatic carbocycles. The SMILES string of the molecule is CON(Cc1ccc(-c2noc(C(F)(F)F)n2)cc1)C(=O)C1CCSCC1. The maximum Gasteiger partial charge on any atom is 0.471 e. The predicted octanol–water partition coefficient (Wildman–Crippen LogP) is 3.79. The zero-order chi connectivity index (χ0) is 19.4. The van der Waals surface area contributed by atoms with Crippen LogP contribution < -0.4 is 0 Å². The van der Waals surface area contributed by atoms with Crippen LogP contribution >= 0.6 is 11.8 Å². The molecular formula is C17H18F3N3O3S. The molecule has 6 nitrogen and oxygen atoms in total. The highest BCUT2D eigenvalue weighted by Gasteiger charge is 2.38. The van der Waals surface area contributed by atoms with Gasteiger partial charge in [-0.25, -0.2) is 5.06 Å². The summed E-state index contributed by atoms with van der Waals surface area (Å²) < 4.78 is 41.9. The molecular weight excluding hydrogens is 383 g/mol. The van der Waals surface area contributed by atoms with E-state index in [0.717, 1.165) is 29.9 Å². The summed E-state index contributed by atoms with van der Waals surface area (Å²) in [5.41, 5.74) is 1.16. The molecule has 0 N–H and O–H groups in total. The van der Waals surface area contributed by atoms with Gasteiger partial charge >= 0.3 is 12.1 Å². The van der Waals surface area contributed by atoms with E-state index in [2.05, 4.69) is 14.7 Å². The summed E-state index contributed by atoms with van der Waals surface area (Å²) in [6.07, 6.45) is -3.01. The van der Waals surface area contributed by atoms with Gasteiger partial charge in [0, 0.05) is 11.5 Å². The highest BCUT2D eigenvalue weighted by molar-refractivity contribution is 7.99. The van der Waals surface area contributed by atoms with E-state index < -0.39 is 12.1 Å². The lowest BCUT2D eigenvalue weighted by atomic mass is 10.0. The molecule has 0 atom stereocenters. The number of thioether (sulfide) groups is 1. The van der Waals surface area contributed by atoms with Crippen LogP contribution in [-0.4, -0.2) is 39.7 Å². The molecule has 10 heteroatoms. The number of halogens is 3. The third-order valence-corrected chi connectivity index (χ3v) is 5.29. The lowest BCUT2D eigenvalue weighted by molar-refractivity contribution is -0.184. The number of hydrogen-bond acceptors (Lipinski definition) is 6. The quantitative estimate of drug-likeness (QED) is 0.710. The van der Waals surface area contributed by atoms with Gasteiger partial charge in [0.1, 0.15) is 0 Å². The van der Waals surface area contributed by atoms with Crippen molar-refractivity contribution in [2.75, 3.05) is 18.6 Å². The molecule has 2 aromatic rings. The van der Waals surface area contributed by atoms with Crippen molar-refractivity contribution in [2.24, 2.45) is 5.92 Å². The van der Waals surface area contributed by atoms with E-state index >= 15 is 0 Å². The van der Waals surface area contributed by atoms with E-state index in [1.54, 1.807) is 24.3 Å². The summed E-state index contributed by atoms with van der Waals surface area (Å²) in [6, 6.07) is 6.54. The molecule has 0 unspecified atom stereocenters. The van der Waals surface area contributed by atoms with Crippen molar-refractivity contribution in [3.63, 3.8) is 0 Å². The Morgan fingerprint density at radius 2 is 1.96 bits per heavy atom. The van der Waals surface area contributed by atoms with Crippen molar-refractivity contribution >= 4 is 17.7 Å². The molecule has 0 saturated carbocycles. The van der Waals surface area contributed by atoms with Gasteiger partial charge in [-0.05, 0) is 29.9 Å². The fourth-order valence-electron chi connectivity index (χ4n) is 2.76. The maximum atomic E-state index is 12.6. The average molecular weight is 401 g/mol. The van der Waals surface area contributed by atoms with Crippen molar-refractivity contribution in [1.82, 2.24) is 15.2 Å². The summed E-state index contributed by atoms with van der Waals surface area (Å²) in [5, 5.41) is 4.68. The molecule has 27 heavy (non-hydrogen) atoms. The second kappa shape index (κ2) is 8.30. The largest absolute Gasteiger partial charge is 0.471 e. The van der Waals surface area contributed by atoms with Crippen LogP contribution in [0.15, 0.2) is 28.8 Å². The Hall–Kier alpha value is -2.07. The van der Waals surface area contributed by atoms with Crippen molar-refractivity contribution in [1.29, 1.82) is 0 Å². The van der Waals surface area contributed by atoms with Gasteiger partial charge in [-0.15, -0.1) is 0 Å². The summed E-state index contributed by atoms with van der Waals surface area (Å²) in [4.78, 5) is 21.2. The lowest BCUT2D eigenvalue weighted by Gasteiger charge is -2.27. The molecule has 1 aliphatic rings. The van der Waals surface area contributed by atoms with Crippen LogP contribution in [0, 0.1) is 5.92 Å². The Morgan fingerprint density at radius 1 is 1.30 bits per heavy atom. The van der Waals surface area contributed by atoms with Crippen LogP contribution in [0.5, 0.6) is 0 Å². The molecule has 1 aromatic heterocycles. The number of amides is 1. The highest BCUT2D eigenvalue weighted by atomic mass is 32.2. The molecule has 2 heterocycles. The first kappa shape index (κ1) is 19.7. The van der Waals surface area contributed by atoms with Crippen LogP contribution in [0.4, 0.5) is 13.2 Å². The van der Waals surface area contributed by atoms with Crippen molar-refractivity contribution in [3.8, 4) is 11.4 Å². The first-order valence-corrected chi connectivity index (χ1v) is 9.47. The number of nitrogens with zero attached hydrogens (tertiary/aromatic N) is 3. The minimum atomic E-state index is -4.68. The van der Waals surface area contributed by atoms with Crippen LogP contribution in [0.1, 0.15) is 24.3 Å². The Bertz CT molecular complexity index is 774. The van der Waals surface area contributed by atoms with E-state index in [1.807, 2.05) is 11.8 Å². The van der Waals surface area contributed by atoms with Crippen LogP contribution in [0.25, 0.3) is 11.4 Å². The Balaban J connectivity index is 1.67. The zero-order valence-corrected chi connectivity index (χ0v) is 15.3. The number of aromatic nitrogens is 2. The molecule has 0 radical (unpaired) electrons. The number of carbonyl (C=O) groups is 1. The third-order valence-electron chi connectivity index (χ3n) is 4.24. The van der Waals surface area contributed by atoms with Crippen molar-refractivity contribution in [3.05, 3.63) is 35.7 Å². The fraction of sp³-hybridized carbons (Fsp3) is 0.471. The Kier molecular flexibility index (Phi) is 6.05. The number of carbonyl (C=O) groups excluding carboxylic acids is 1. The molecule has 1 aromatic carbocycles. The van der Waals surface area contributed by atoms with E-state index in [1.165, 1.54) is 12.2 Å². The number of alkyl halides is 3. The van der Waals surface area contributed by atoms with Gasteiger partial charge in [0.2, 0.25) is 11.7 Å². The zero-order valence-electron chi connectivity index (χ0n) is 14.5.